The molecule has 19 heavy (non-hydrogen) atoms. The minimum absolute atomic E-state index is 0.522. The quantitative estimate of drug-likeness (QED) is 0.913. The van der Waals surface area contributed by atoms with Gasteiger partial charge in [-0.1, -0.05) is 17.7 Å². The number of aliphatic hydroxyl groups is 1. The van der Waals surface area contributed by atoms with Gasteiger partial charge in [0.15, 0.2) is 0 Å². The van der Waals surface area contributed by atoms with Gasteiger partial charge in [0.1, 0.15) is 5.75 Å². The van der Waals surface area contributed by atoms with Crippen molar-refractivity contribution < 1.29 is 9.84 Å². The molecule has 0 aliphatic rings. The van der Waals surface area contributed by atoms with Crippen LogP contribution in [0.25, 0.3) is 0 Å². The van der Waals surface area contributed by atoms with E-state index >= 15 is 0 Å². The van der Waals surface area contributed by atoms with E-state index in [4.69, 9.17) is 16.3 Å². The summed E-state index contributed by atoms with van der Waals surface area (Å²) in [6.45, 7) is 4.27. The van der Waals surface area contributed by atoms with Gasteiger partial charge in [0, 0.05) is 11.3 Å². The first-order valence-electron chi connectivity index (χ1n) is 6.07. The standard InChI is InChI=1S/C14H16ClNO2S/c1-9-14(19-8-16-9)5-6-18-13-4-3-11(10(2)17)7-12(13)15/h3-4,7-8,10,17H,5-6H2,1-2H3/t10-/m0/s1. The number of aliphatic hydroxyl groups excluding tert-OH is 1. The largest absolute Gasteiger partial charge is 0.492 e. The number of benzene rings is 1. The normalized spacial score (nSPS) is 12.4. The molecule has 0 radical (unpaired) electrons. The molecule has 1 aromatic carbocycles. The minimum atomic E-state index is -0.522. The predicted molar refractivity (Wildman–Crippen MR) is 78.1 cm³/mol. The second-order valence-electron chi connectivity index (χ2n) is 4.33. The molecule has 2 rings (SSSR count). The van der Waals surface area contributed by atoms with E-state index in [1.54, 1.807) is 30.4 Å². The number of rotatable bonds is 5. The maximum absolute atomic E-state index is 9.47. The molecule has 0 unspecified atom stereocenters. The highest BCUT2D eigenvalue weighted by Gasteiger charge is 2.07. The lowest BCUT2D eigenvalue weighted by molar-refractivity contribution is 0.199. The van der Waals surface area contributed by atoms with Crippen LogP contribution in [0.5, 0.6) is 5.75 Å². The molecule has 0 fully saturated rings. The van der Waals surface area contributed by atoms with Crippen LogP contribution in [0.3, 0.4) is 0 Å². The van der Waals surface area contributed by atoms with Crippen LogP contribution in [0, 0.1) is 6.92 Å². The fourth-order valence-corrected chi connectivity index (χ4v) is 2.72. The van der Waals surface area contributed by atoms with Crippen LogP contribution in [0.2, 0.25) is 5.02 Å². The van der Waals surface area contributed by atoms with Crippen LogP contribution in [0.15, 0.2) is 23.7 Å². The molecule has 0 spiro atoms. The Labute approximate surface area is 121 Å². The lowest BCUT2D eigenvalue weighted by Crippen LogP contribution is -2.02. The van der Waals surface area contributed by atoms with Gasteiger partial charge in [0.05, 0.1) is 28.9 Å². The molecule has 1 aromatic heterocycles. The topological polar surface area (TPSA) is 42.4 Å². The summed E-state index contributed by atoms with van der Waals surface area (Å²) >= 11 is 7.76. The Morgan fingerprint density at radius 3 is 2.84 bits per heavy atom. The third-order valence-electron chi connectivity index (χ3n) is 2.87. The highest BCUT2D eigenvalue weighted by molar-refractivity contribution is 7.09. The summed E-state index contributed by atoms with van der Waals surface area (Å²) in [5.41, 5.74) is 3.69. The summed E-state index contributed by atoms with van der Waals surface area (Å²) in [6.07, 6.45) is 0.303. The second kappa shape index (κ2) is 6.37. The number of nitrogens with zero attached hydrogens (tertiary/aromatic N) is 1. The Morgan fingerprint density at radius 2 is 2.26 bits per heavy atom. The molecule has 0 bridgehead atoms. The van der Waals surface area contributed by atoms with Crippen LogP contribution < -0.4 is 4.74 Å². The van der Waals surface area contributed by atoms with Crippen molar-refractivity contribution in [1.29, 1.82) is 0 Å². The Bertz CT molecular complexity index is 554. The van der Waals surface area contributed by atoms with Crippen LogP contribution in [0.4, 0.5) is 0 Å². The molecular weight excluding hydrogens is 282 g/mol. The molecule has 3 nitrogen and oxygen atoms in total. The molecule has 0 aliphatic carbocycles. The zero-order chi connectivity index (χ0) is 13.8. The van der Waals surface area contributed by atoms with Gasteiger partial charge in [0.2, 0.25) is 0 Å². The van der Waals surface area contributed by atoms with Gasteiger partial charge < -0.3 is 9.84 Å². The molecule has 102 valence electrons. The smallest absolute Gasteiger partial charge is 0.137 e. The minimum Gasteiger partial charge on any atom is -0.492 e. The highest BCUT2D eigenvalue weighted by Crippen LogP contribution is 2.28. The fraction of sp³-hybridized carbons (Fsp3) is 0.357. The van der Waals surface area contributed by atoms with E-state index in [-0.39, 0.29) is 0 Å². The van der Waals surface area contributed by atoms with Gasteiger partial charge in [-0.3, -0.25) is 0 Å². The molecule has 2 aromatic rings. The van der Waals surface area contributed by atoms with Crippen molar-refractivity contribution in [1.82, 2.24) is 4.98 Å². The SMILES string of the molecule is Cc1ncsc1CCOc1ccc([C@H](C)O)cc1Cl. The average Bonchev–Trinajstić information content (AvgIpc) is 2.77. The number of thiazole rings is 1. The van der Waals surface area contributed by atoms with E-state index in [0.29, 0.717) is 17.4 Å². The first-order valence-corrected chi connectivity index (χ1v) is 7.33. The number of ether oxygens (including phenoxy) is 1. The zero-order valence-electron chi connectivity index (χ0n) is 10.9. The van der Waals surface area contributed by atoms with Crippen molar-refractivity contribution in [3.63, 3.8) is 0 Å². The Balaban J connectivity index is 1.95. The molecule has 0 aliphatic heterocycles. The summed E-state index contributed by atoms with van der Waals surface area (Å²) in [6, 6.07) is 5.35. The number of aryl methyl sites for hydroxylation is 1. The first-order chi connectivity index (χ1) is 9.08. The van der Waals surface area contributed by atoms with Crippen molar-refractivity contribution in [3.8, 4) is 5.75 Å². The molecule has 1 N–H and O–H groups in total. The van der Waals surface area contributed by atoms with Crippen LogP contribution in [-0.2, 0) is 6.42 Å². The van der Waals surface area contributed by atoms with Crippen molar-refractivity contribution in [2.24, 2.45) is 0 Å². The lowest BCUT2D eigenvalue weighted by atomic mass is 10.1. The summed E-state index contributed by atoms with van der Waals surface area (Å²) in [5.74, 6) is 0.647. The highest BCUT2D eigenvalue weighted by atomic mass is 35.5. The number of hydrogen-bond acceptors (Lipinski definition) is 4. The summed E-state index contributed by atoms with van der Waals surface area (Å²) in [5, 5.41) is 9.99. The number of hydrogen-bond donors (Lipinski definition) is 1. The van der Waals surface area contributed by atoms with E-state index in [1.165, 1.54) is 4.88 Å². The third kappa shape index (κ3) is 3.69. The summed E-state index contributed by atoms with van der Waals surface area (Å²) < 4.78 is 5.67. The lowest BCUT2D eigenvalue weighted by Gasteiger charge is -2.10. The van der Waals surface area contributed by atoms with Gasteiger partial charge in [-0.15, -0.1) is 11.3 Å². The molecule has 5 heteroatoms. The third-order valence-corrected chi connectivity index (χ3v) is 4.16. The maximum Gasteiger partial charge on any atom is 0.137 e. The maximum atomic E-state index is 9.47. The van der Waals surface area contributed by atoms with E-state index in [2.05, 4.69) is 4.98 Å². The van der Waals surface area contributed by atoms with Crippen LogP contribution >= 0.6 is 22.9 Å². The van der Waals surface area contributed by atoms with Crippen molar-refractivity contribution in [2.75, 3.05) is 6.61 Å². The average molecular weight is 298 g/mol. The summed E-state index contributed by atoms with van der Waals surface area (Å²) in [7, 11) is 0. The number of halogens is 1. The van der Waals surface area contributed by atoms with Gasteiger partial charge in [-0.2, -0.15) is 0 Å². The zero-order valence-corrected chi connectivity index (χ0v) is 12.5. The Kier molecular flexibility index (Phi) is 4.80. The fourth-order valence-electron chi connectivity index (χ4n) is 1.71. The van der Waals surface area contributed by atoms with Crippen molar-refractivity contribution >= 4 is 22.9 Å². The van der Waals surface area contributed by atoms with Gasteiger partial charge >= 0.3 is 0 Å². The molecule has 1 heterocycles. The van der Waals surface area contributed by atoms with Gasteiger partial charge in [-0.05, 0) is 31.5 Å². The Morgan fingerprint density at radius 1 is 1.47 bits per heavy atom. The van der Waals surface area contributed by atoms with E-state index in [1.807, 2.05) is 18.5 Å². The van der Waals surface area contributed by atoms with E-state index in [0.717, 1.165) is 17.7 Å². The summed E-state index contributed by atoms with van der Waals surface area (Å²) in [4.78, 5) is 5.43. The van der Waals surface area contributed by atoms with Crippen LogP contribution in [-0.4, -0.2) is 16.7 Å². The predicted octanol–water partition coefficient (Wildman–Crippen LogP) is 3.78. The van der Waals surface area contributed by atoms with E-state index in [9.17, 15) is 5.11 Å². The van der Waals surface area contributed by atoms with E-state index < -0.39 is 6.10 Å². The van der Waals surface area contributed by atoms with Crippen LogP contribution in [0.1, 0.15) is 29.2 Å². The van der Waals surface area contributed by atoms with Gasteiger partial charge in [0.25, 0.3) is 0 Å². The number of aromatic nitrogens is 1. The second-order valence-corrected chi connectivity index (χ2v) is 5.67. The molecular formula is C14H16ClNO2S. The molecule has 1 atom stereocenters. The van der Waals surface area contributed by atoms with Gasteiger partial charge in [-0.25, -0.2) is 4.98 Å². The first kappa shape index (κ1) is 14.3. The molecule has 0 saturated carbocycles. The van der Waals surface area contributed by atoms with Crippen molar-refractivity contribution in [2.45, 2.75) is 26.4 Å². The molecule has 0 saturated heterocycles. The monoisotopic (exact) mass is 297 g/mol. The Hall–Kier alpha value is -1.10. The van der Waals surface area contributed by atoms with Crippen molar-refractivity contribution in [3.05, 3.63) is 44.9 Å². The molecule has 0 amide bonds.